The molecule has 4 rings (SSSR count). The van der Waals surface area contributed by atoms with E-state index in [9.17, 15) is 10.2 Å². The molecule has 2 N–H and O–H groups in total. The Balaban J connectivity index is 0.00000228. The lowest BCUT2D eigenvalue weighted by molar-refractivity contribution is -0.0158. The summed E-state index contributed by atoms with van der Waals surface area (Å²) in [5, 5.41) is 20.0. The minimum atomic E-state index is -0.0227. The van der Waals surface area contributed by atoms with Crippen LogP contribution in [0.25, 0.3) is 0 Å². The first kappa shape index (κ1) is 30.4. The fourth-order valence-electron chi connectivity index (χ4n) is 5.28. The Morgan fingerprint density at radius 1 is 0.917 bits per heavy atom. The fraction of sp³-hybridized carbons (Fsp3) is 0.571. The summed E-state index contributed by atoms with van der Waals surface area (Å²) in [7, 11) is 2.11. The predicted molar refractivity (Wildman–Crippen MR) is 149 cm³/mol. The van der Waals surface area contributed by atoms with Gasteiger partial charge in [-0.3, -0.25) is 4.90 Å². The van der Waals surface area contributed by atoms with E-state index in [1.54, 1.807) is 6.07 Å². The van der Waals surface area contributed by atoms with Gasteiger partial charge >= 0.3 is 0 Å². The Labute approximate surface area is 228 Å². The molecule has 0 radical (unpaired) electrons. The third kappa shape index (κ3) is 7.58. The molecule has 36 heavy (non-hydrogen) atoms. The molecule has 0 spiro atoms. The predicted octanol–water partition coefficient (Wildman–Crippen LogP) is 5.80. The fourth-order valence-corrected chi connectivity index (χ4v) is 5.28. The summed E-state index contributed by atoms with van der Waals surface area (Å²) in [5.74, 6) is 1.75. The zero-order chi connectivity index (χ0) is 23.9. The van der Waals surface area contributed by atoms with Gasteiger partial charge in [0.1, 0.15) is 6.61 Å². The van der Waals surface area contributed by atoms with E-state index in [-0.39, 0.29) is 42.5 Å². The molecule has 2 aliphatic rings. The van der Waals surface area contributed by atoms with Gasteiger partial charge in [0.2, 0.25) is 0 Å². The molecule has 0 aromatic heterocycles. The zero-order valence-corrected chi connectivity index (χ0v) is 23.2. The second-order valence-corrected chi connectivity index (χ2v) is 9.73. The summed E-state index contributed by atoms with van der Waals surface area (Å²) < 4.78 is 11.9. The van der Waals surface area contributed by atoms with E-state index in [1.807, 2.05) is 30.3 Å². The highest BCUT2D eigenvalue weighted by molar-refractivity contribution is 5.85. The third-order valence-corrected chi connectivity index (χ3v) is 7.26. The van der Waals surface area contributed by atoms with Crippen molar-refractivity contribution < 1.29 is 19.7 Å². The molecule has 1 aliphatic carbocycles. The van der Waals surface area contributed by atoms with E-state index >= 15 is 0 Å². The van der Waals surface area contributed by atoms with E-state index in [2.05, 4.69) is 23.8 Å². The van der Waals surface area contributed by atoms with Crippen molar-refractivity contribution in [2.45, 2.75) is 70.6 Å². The van der Waals surface area contributed by atoms with Crippen LogP contribution in [0.1, 0.15) is 56.6 Å². The van der Waals surface area contributed by atoms with Crippen LogP contribution < -0.4 is 9.47 Å². The first-order chi connectivity index (χ1) is 16.6. The van der Waals surface area contributed by atoms with Crippen molar-refractivity contribution in [1.82, 2.24) is 9.80 Å². The van der Waals surface area contributed by atoms with Gasteiger partial charge in [-0.1, -0.05) is 38.0 Å². The van der Waals surface area contributed by atoms with Crippen molar-refractivity contribution in [1.29, 1.82) is 0 Å². The van der Waals surface area contributed by atoms with Crippen LogP contribution in [0.2, 0.25) is 0 Å². The number of benzene rings is 2. The van der Waals surface area contributed by atoms with Crippen LogP contribution in [0, 0.1) is 0 Å². The molecular weight excluding hydrogens is 499 g/mol. The maximum absolute atomic E-state index is 10.2. The molecule has 1 aliphatic heterocycles. The van der Waals surface area contributed by atoms with Crippen LogP contribution in [0.5, 0.6) is 23.0 Å². The lowest BCUT2D eigenvalue weighted by Crippen LogP contribution is -2.43. The Hall–Kier alpha value is -1.86. The third-order valence-electron chi connectivity index (χ3n) is 7.26. The average Bonchev–Trinajstić information content (AvgIpc) is 2.87. The number of hydrogen-bond donors (Lipinski definition) is 2. The van der Waals surface area contributed by atoms with Crippen LogP contribution in [-0.4, -0.2) is 65.6 Å². The Morgan fingerprint density at radius 3 is 2.39 bits per heavy atom. The molecule has 0 fully saturated rings. The number of halogens is 2. The first-order valence-corrected chi connectivity index (χ1v) is 12.9. The van der Waals surface area contributed by atoms with Gasteiger partial charge in [0, 0.05) is 18.2 Å². The van der Waals surface area contributed by atoms with Crippen molar-refractivity contribution >= 4 is 24.8 Å². The number of ether oxygens (including phenoxy) is 2. The number of likely N-dealkylation sites (N-methyl/N-ethyl adjacent to an activating group) is 1. The first-order valence-electron chi connectivity index (χ1n) is 12.9. The van der Waals surface area contributed by atoms with Gasteiger partial charge in [-0.05, 0) is 82.4 Å². The number of rotatable bonds is 11. The largest absolute Gasteiger partial charge is 0.504 e. The van der Waals surface area contributed by atoms with Crippen LogP contribution in [0.4, 0.5) is 0 Å². The van der Waals surface area contributed by atoms with Crippen LogP contribution >= 0.6 is 24.8 Å². The monoisotopic (exact) mass is 540 g/mol. The number of phenolic OH excluding ortho intramolecular Hbond substituents is 2. The highest BCUT2D eigenvalue weighted by atomic mass is 35.5. The highest BCUT2D eigenvalue weighted by Gasteiger charge is 2.26. The summed E-state index contributed by atoms with van der Waals surface area (Å²) >= 11 is 0. The van der Waals surface area contributed by atoms with Gasteiger partial charge in [-0.25, -0.2) is 0 Å². The molecule has 0 saturated carbocycles. The number of unbranched alkanes of at least 4 members (excludes halogenated alkanes) is 3. The second-order valence-electron chi connectivity index (χ2n) is 9.73. The summed E-state index contributed by atoms with van der Waals surface area (Å²) in [6.07, 6.45) is 8.79. The van der Waals surface area contributed by atoms with Crippen molar-refractivity contribution in [2.75, 3.05) is 33.3 Å². The maximum atomic E-state index is 10.2. The Bertz CT molecular complexity index is 946. The Kier molecular flexibility index (Phi) is 12.5. The number of phenols is 2. The SMILES string of the molecule is CCCN(CCCCCCN(C)[C@@H]1COc2ccccc2O1)C1CCc2c(ccc(O)c2O)C1.Cl.Cl. The highest BCUT2D eigenvalue weighted by Crippen LogP contribution is 2.37. The van der Waals surface area contributed by atoms with Gasteiger partial charge in [0.15, 0.2) is 29.2 Å². The van der Waals surface area contributed by atoms with Gasteiger partial charge in [-0.15, -0.1) is 24.8 Å². The summed E-state index contributed by atoms with van der Waals surface area (Å²) in [5.41, 5.74) is 2.12. The summed E-state index contributed by atoms with van der Waals surface area (Å²) in [6.45, 7) is 6.07. The molecule has 1 unspecified atom stereocenters. The van der Waals surface area contributed by atoms with Crippen LogP contribution in [0.15, 0.2) is 36.4 Å². The smallest absolute Gasteiger partial charge is 0.186 e. The molecule has 0 saturated heterocycles. The topological polar surface area (TPSA) is 65.4 Å². The number of hydrogen-bond acceptors (Lipinski definition) is 6. The molecule has 202 valence electrons. The normalized spacial score (nSPS) is 18.3. The van der Waals surface area contributed by atoms with E-state index in [1.165, 1.54) is 24.8 Å². The molecule has 2 aromatic rings. The van der Waals surface area contributed by atoms with Crippen LogP contribution in [-0.2, 0) is 12.8 Å². The number of aromatic hydroxyl groups is 2. The van der Waals surface area contributed by atoms with E-state index in [0.717, 1.165) is 68.8 Å². The quantitative estimate of drug-likeness (QED) is 0.277. The molecular formula is C28H42Cl2N2O4. The molecule has 6 nitrogen and oxygen atoms in total. The minimum absolute atomic E-state index is 0. The molecule has 1 heterocycles. The van der Waals surface area contributed by atoms with Crippen molar-refractivity contribution in [3.8, 4) is 23.0 Å². The minimum Gasteiger partial charge on any atom is -0.504 e. The number of fused-ring (bicyclic) bond motifs is 2. The number of nitrogens with zero attached hydrogens (tertiary/aromatic N) is 2. The molecule has 2 aromatic carbocycles. The van der Waals surface area contributed by atoms with E-state index in [0.29, 0.717) is 12.6 Å². The van der Waals surface area contributed by atoms with Gasteiger partial charge < -0.3 is 24.6 Å². The number of para-hydroxylation sites is 2. The zero-order valence-electron chi connectivity index (χ0n) is 21.5. The summed E-state index contributed by atoms with van der Waals surface area (Å²) in [4.78, 5) is 4.90. The van der Waals surface area contributed by atoms with Gasteiger partial charge in [0.05, 0.1) is 0 Å². The molecule has 0 amide bonds. The lowest BCUT2D eigenvalue weighted by Gasteiger charge is -2.35. The molecule has 0 bridgehead atoms. The van der Waals surface area contributed by atoms with Crippen molar-refractivity contribution in [3.63, 3.8) is 0 Å². The average molecular weight is 542 g/mol. The lowest BCUT2D eigenvalue weighted by atomic mass is 9.86. The van der Waals surface area contributed by atoms with Crippen molar-refractivity contribution in [2.24, 2.45) is 0 Å². The Morgan fingerprint density at radius 2 is 1.64 bits per heavy atom. The van der Waals surface area contributed by atoms with Crippen LogP contribution in [0.3, 0.4) is 0 Å². The standard InChI is InChI=1S/C28H40N2O4.2ClH/c1-3-16-30(22-13-14-23-21(19-22)12-15-24(31)28(23)32)18-9-5-4-8-17-29(2)27-20-33-25-10-6-7-11-26(25)34-27;;/h6-7,10-12,15,22,27,31-32H,3-5,8-9,13-14,16-20H2,1-2H3;2*1H/t22?,27-;;/m0../s1. The second kappa shape index (κ2) is 14.8. The van der Waals surface area contributed by atoms with E-state index in [4.69, 9.17) is 9.47 Å². The van der Waals surface area contributed by atoms with Gasteiger partial charge in [0.25, 0.3) is 0 Å². The molecule has 2 atom stereocenters. The van der Waals surface area contributed by atoms with E-state index < -0.39 is 0 Å². The summed E-state index contributed by atoms with van der Waals surface area (Å²) in [6, 6.07) is 12.0. The molecule has 8 heteroatoms. The maximum Gasteiger partial charge on any atom is 0.186 e. The van der Waals surface area contributed by atoms with Gasteiger partial charge in [-0.2, -0.15) is 0 Å². The van der Waals surface area contributed by atoms with Crippen molar-refractivity contribution in [3.05, 3.63) is 47.5 Å².